The largest absolute Gasteiger partial charge is 0.380 e. The Kier molecular flexibility index (Phi) is 3.90. The van der Waals surface area contributed by atoms with Crippen LogP contribution >= 0.6 is 11.8 Å². The minimum atomic E-state index is -0.450. The van der Waals surface area contributed by atoms with Gasteiger partial charge in [-0.1, -0.05) is 13.0 Å². The second-order valence-corrected chi connectivity index (χ2v) is 5.73. The van der Waals surface area contributed by atoms with Gasteiger partial charge in [0.2, 0.25) is 0 Å². The van der Waals surface area contributed by atoms with Crippen molar-refractivity contribution in [1.82, 2.24) is 0 Å². The Morgan fingerprint density at radius 1 is 1.53 bits per heavy atom. The van der Waals surface area contributed by atoms with Gasteiger partial charge in [-0.15, -0.1) is 0 Å². The summed E-state index contributed by atoms with van der Waals surface area (Å²) in [5, 5.41) is 12.8. The number of halogens is 1. The van der Waals surface area contributed by atoms with E-state index in [1.54, 1.807) is 12.1 Å². The van der Waals surface area contributed by atoms with Crippen molar-refractivity contribution in [3.8, 4) is 6.07 Å². The molecule has 2 nitrogen and oxygen atoms in total. The van der Waals surface area contributed by atoms with Gasteiger partial charge in [-0.3, -0.25) is 0 Å². The van der Waals surface area contributed by atoms with Crippen molar-refractivity contribution in [2.24, 2.45) is 0 Å². The molecule has 0 saturated carbocycles. The van der Waals surface area contributed by atoms with Gasteiger partial charge in [0.05, 0.1) is 5.69 Å². The fourth-order valence-electron chi connectivity index (χ4n) is 2.07. The average molecular weight is 250 g/mol. The number of anilines is 1. The molecule has 2 unspecified atom stereocenters. The molecule has 90 valence electrons. The SMILES string of the molecule is CC1SCCCC1Nc1cccc(F)c1C#N. The molecule has 0 aromatic heterocycles. The molecule has 0 aliphatic carbocycles. The van der Waals surface area contributed by atoms with Crippen LogP contribution in [0.3, 0.4) is 0 Å². The van der Waals surface area contributed by atoms with Crippen LogP contribution in [0, 0.1) is 17.1 Å². The van der Waals surface area contributed by atoms with Gasteiger partial charge in [-0.2, -0.15) is 17.0 Å². The Balaban J connectivity index is 2.18. The van der Waals surface area contributed by atoms with Crippen LogP contribution in [-0.4, -0.2) is 17.0 Å². The van der Waals surface area contributed by atoms with Crippen molar-refractivity contribution in [2.45, 2.75) is 31.1 Å². The minimum absolute atomic E-state index is 0.121. The van der Waals surface area contributed by atoms with Crippen LogP contribution in [0.15, 0.2) is 18.2 Å². The predicted octanol–water partition coefficient (Wildman–Crippen LogP) is 3.39. The third kappa shape index (κ3) is 2.73. The van der Waals surface area contributed by atoms with Crippen LogP contribution in [0.2, 0.25) is 0 Å². The molecule has 1 heterocycles. The van der Waals surface area contributed by atoms with Crippen molar-refractivity contribution in [3.05, 3.63) is 29.6 Å². The van der Waals surface area contributed by atoms with Crippen molar-refractivity contribution >= 4 is 17.4 Å². The summed E-state index contributed by atoms with van der Waals surface area (Å²) < 4.78 is 13.4. The van der Waals surface area contributed by atoms with Crippen LogP contribution < -0.4 is 5.32 Å². The quantitative estimate of drug-likeness (QED) is 0.874. The molecule has 0 bridgehead atoms. The van der Waals surface area contributed by atoms with E-state index in [0.29, 0.717) is 17.0 Å². The number of nitrogens with zero attached hydrogens (tertiary/aromatic N) is 1. The molecule has 0 radical (unpaired) electrons. The monoisotopic (exact) mass is 250 g/mol. The lowest BCUT2D eigenvalue weighted by Crippen LogP contribution is -2.33. The summed E-state index contributed by atoms with van der Waals surface area (Å²) in [6.07, 6.45) is 2.25. The zero-order valence-corrected chi connectivity index (χ0v) is 10.6. The molecule has 1 saturated heterocycles. The van der Waals surface area contributed by atoms with Crippen LogP contribution in [0.5, 0.6) is 0 Å². The zero-order valence-electron chi connectivity index (χ0n) is 9.74. The van der Waals surface area contributed by atoms with E-state index >= 15 is 0 Å². The first-order valence-corrected chi connectivity index (χ1v) is 6.84. The van der Waals surface area contributed by atoms with Gasteiger partial charge in [0.15, 0.2) is 0 Å². The lowest BCUT2D eigenvalue weighted by molar-refractivity contribution is 0.609. The zero-order chi connectivity index (χ0) is 12.3. The summed E-state index contributed by atoms with van der Waals surface area (Å²) in [6, 6.07) is 6.98. The molecule has 1 fully saturated rings. The van der Waals surface area contributed by atoms with E-state index in [9.17, 15) is 4.39 Å². The van der Waals surface area contributed by atoms with Crippen LogP contribution in [0.1, 0.15) is 25.3 Å². The summed E-state index contributed by atoms with van der Waals surface area (Å²) in [5.74, 6) is 0.738. The Morgan fingerprint density at radius 3 is 3.06 bits per heavy atom. The highest BCUT2D eigenvalue weighted by atomic mass is 32.2. The molecule has 1 aliphatic heterocycles. The first-order chi connectivity index (χ1) is 8.22. The van der Waals surface area contributed by atoms with Gasteiger partial charge in [-0.25, -0.2) is 4.39 Å². The number of rotatable bonds is 2. The maximum absolute atomic E-state index is 13.4. The highest BCUT2D eigenvalue weighted by Crippen LogP contribution is 2.29. The topological polar surface area (TPSA) is 35.8 Å². The standard InChI is InChI=1S/C13H15FN2S/c1-9-12(6-3-7-17-9)16-13-5-2-4-11(14)10(13)8-15/h2,4-5,9,12,16H,3,6-7H2,1H3. The summed E-state index contributed by atoms with van der Waals surface area (Å²) >= 11 is 1.92. The Hall–Kier alpha value is -1.21. The second-order valence-electron chi connectivity index (χ2n) is 4.24. The molecule has 1 aromatic rings. The Morgan fingerprint density at radius 2 is 2.35 bits per heavy atom. The number of nitriles is 1. The summed E-state index contributed by atoms with van der Waals surface area (Å²) in [5.41, 5.74) is 0.738. The van der Waals surface area contributed by atoms with Gasteiger partial charge in [0.25, 0.3) is 0 Å². The van der Waals surface area contributed by atoms with Crippen molar-refractivity contribution < 1.29 is 4.39 Å². The molecule has 1 aliphatic rings. The third-order valence-corrected chi connectivity index (χ3v) is 4.45. The first kappa shape index (κ1) is 12.3. The van der Waals surface area contributed by atoms with E-state index < -0.39 is 5.82 Å². The number of benzene rings is 1. The Labute approximate surface area is 105 Å². The fourth-order valence-corrected chi connectivity index (χ4v) is 3.21. The first-order valence-electron chi connectivity index (χ1n) is 5.79. The minimum Gasteiger partial charge on any atom is -0.380 e. The summed E-state index contributed by atoms with van der Waals surface area (Å²) in [6.45, 7) is 2.17. The third-order valence-electron chi connectivity index (χ3n) is 3.07. The van der Waals surface area contributed by atoms with Gasteiger partial charge in [0, 0.05) is 11.3 Å². The maximum Gasteiger partial charge on any atom is 0.143 e. The smallest absolute Gasteiger partial charge is 0.143 e. The maximum atomic E-state index is 13.4. The van der Waals surface area contributed by atoms with Crippen LogP contribution in [0.4, 0.5) is 10.1 Å². The molecular weight excluding hydrogens is 235 g/mol. The lowest BCUT2D eigenvalue weighted by atomic mass is 10.1. The second kappa shape index (κ2) is 5.42. The number of thioether (sulfide) groups is 1. The molecule has 4 heteroatoms. The molecule has 0 amide bonds. The number of hydrogen-bond donors (Lipinski definition) is 1. The van der Waals surface area contributed by atoms with Gasteiger partial charge >= 0.3 is 0 Å². The van der Waals surface area contributed by atoms with Gasteiger partial charge < -0.3 is 5.32 Å². The summed E-state index contributed by atoms with van der Waals surface area (Å²) in [7, 11) is 0. The van der Waals surface area contributed by atoms with Crippen molar-refractivity contribution in [2.75, 3.05) is 11.1 Å². The highest BCUT2D eigenvalue weighted by molar-refractivity contribution is 8.00. The molecule has 2 rings (SSSR count). The predicted molar refractivity (Wildman–Crippen MR) is 69.7 cm³/mol. The number of nitrogens with one attached hydrogen (secondary N) is 1. The molecule has 0 spiro atoms. The molecule has 17 heavy (non-hydrogen) atoms. The average Bonchev–Trinajstić information content (AvgIpc) is 2.32. The van der Waals surface area contributed by atoms with E-state index in [1.807, 2.05) is 17.8 Å². The summed E-state index contributed by atoms with van der Waals surface area (Å²) in [4.78, 5) is 0. The number of hydrogen-bond acceptors (Lipinski definition) is 3. The molecular formula is C13H15FN2S. The van der Waals surface area contributed by atoms with E-state index in [4.69, 9.17) is 5.26 Å². The van der Waals surface area contributed by atoms with Crippen LogP contribution in [-0.2, 0) is 0 Å². The van der Waals surface area contributed by atoms with Gasteiger partial charge in [-0.05, 0) is 30.7 Å². The van der Waals surface area contributed by atoms with Crippen molar-refractivity contribution in [3.63, 3.8) is 0 Å². The molecule has 1 aromatic carbocycles. The Bertz CT molecular complexity index is 442. The lowest BCUT2D eigenvalue weighted by Gasteiger charge is -2.30. The fraction of sp³-hybridized carbons (Fsp3) is 0.462. The molecule has 1 N–H and O–H groups in total. The van der Waals surface area contributed by atoms with Crippen LogP contribution in [0.25, 0.3) is 0 Å². The van der Waals surface area contributed by atoms with E-state index in [-0.39, 0.29) is 5.56 Å². The van der Waals surface area contributed by atoms with E-state index in [2.05, 4.69) is 12.2 Å². The van der Waals surface area contributed by atoms with Crippen molar-refractivity contribution in [1.29, 1.82) is 5.26 Å². The van der Waals surface area contributed by atoms with E-state index in [1.165, 1.54) is 18.2 Å². The van der Waals surface area contributed by atoms with Gasteiger partial charge in [0.1, 0.15) is 17.4 Å². The molecule has 2 atom stereocenters. The normalized spacial score (nSPS) is 24.1. The highest BCUT2D eigenvalue weighted by Gasteiger charge is 2.22. The van der Waals surface area contributed by atoms with E-state index in [0.717, 1.165) is 6.42 Å².